The van der Waals surface area contributed by atoms with Gasteiger partial charge in [-0.1, -0.05) is 49.7 Å². The summed E-state index contributed by atoms with van der Waals surface area (Å²) in [4.78, 5) is 28.6. The van der Waals surface area contributed by atoms with Crippen molar-refractivity contribution < 1.29 is 35.9 Å². The third-order valence-electron chi connectivity index (χ3n) is 7.22. The van der Waals surface area contributed by atoms with Gasteiger partial charge in [-0.05, 0) is 74.7 Å². The Bertz CT molecular complexity index is 1550. The molecule has 3 aromatic carbocycles. The molecule has 3 rings (SSSR count). The predicted molar refractivity (Wildman–Crippen MR) is 163 cm³/mol. The number of halogens is 3. The number of methoxy groups -OCH3 is 1. The lowest BCUT2D eigenvalue weighted by atomic mass is 10.1. The van der Waals surface area contributed by atoms with E-state index in [4.69, 9.17) is 4.74 Å². The summed E-state index contributed by atoms with van der Waals surface area (Å²) in [6.07, 6.45) is -3.91. The van der Waals surface area contributed by atoms with E-state index in [9.17, 15) is 31.2 Å². The molecule has 0 bridgehead atoms. The highest BCUT2D eigenvalue weighted by Gasteiger charge is 2.36. The molecular formula is C32H38F3N3O5S. The summed E-state index contributed by atoms with van der Waals surface area (Å²) >= 11 is 0. The molecule has 1 N–H and O–H groups in total. The lowest BCUT2D eigenvalue weighted by Crippen LogP contribution is -2.53. The minimum Gasteiger partial charge on any atom is -0.497 e. The van der Waals surface area contributed by atoms with E-state index in [0.29, 0.717) is 28.1 Å². The van der Waals surface area contributed by atoms with Gasteiger partial charge < -0.3 is 15.0 Å². The van der Waals surface area contributed by atoms with Gasteiger partial charge in [0.15, 0.2) is 0 Å². The Kier molecular flexibility index (Phi) is 11.4. The van der Waals surface area contributed by atoms with E-state index in [1.54, 1.807) is 50.2 Å². The summed E-state index contributed by atoms with van der Waals surface area (Å²) in [6, 6.07) is 15.3. The van der Waals surface area contributed by atoms with Gasteiger partial charge in [0.25, 0.3) is 10.0 Å². The molecule has 0 saturated heterocycles. The van der Waals surface area contributed by atoms with Crippen molar-refractivity contribution in [2.24, 2.45) is 0 Å². The zero-order valence-corrected chi connectivity index (χ0v) is 26.2. The number of rotatable bonds is 13. The van der Waals surface area contributed by atoms with Crippen molar-refractivity contribution in [3.8, 4) is 5.75 Å². The molecule has 2 amide bonds. The molecule has 0 heterocycles. The number of carbonyl (C=O) groups excluding carboxylic acids is 2. The van der Waals surface area contributed by atoms with Crippen molar-refractivity contribution in [3.63, 3.8) is 0 Å². The number of nitrogens with zero attached hydrogens (tertiary/aromatic N) is 2. The maximum Gasteiger partial charge on any atom is 0.416 e. The first kappa shape index (κ1) is 34.4. The second-order valence-corrected chi connectivity index (χ2v) is 12.4. The minimum absolute atomic E-state index is 0.0799. The molecule has 3 aromatic rings. The van der Waals surface area contributed by atoms with E-state index in [2.05, 4.69) is 5.32 Å². The molecule has 0 aliphatic rings. The van der Waals surface area contributed by atoms with Gasteiger partial charge in [-0.3, -0.25) is 13.9 Å². The van der Waals surface area contributed by atoms with E-state index in [-0.39, 0.29) is 29.6 Å². The maximum absolute atomic E-state index is 14.1. The van der Waals surface area contributed by atoms with Gasteiger partial charge in [-0.15, -0.1) is 0 Å². The lowest BCUT2D eigenvalue weighted by Gasteiger charge is -2.34. The number of aryl methyl sites for hydroxylation is 1. The summed E-state index contributed by atoms with van der Waals surface area (Å²) in [5.41, 5.74) is -0.0286. The lowest BCUT2D eigenvalue weighted by molar-refractivity contribution is -0.140. The van der Waals surface area contributed by atoms with Crippen LogP contribution in [0.3, 0.4) is 0 Å². The summed E-state index contributed by atoms with van der Waals surface area (Å²) in [5, 5.41) is 2.88. The first-order valence-corrected chi connectivity index (χ1v) is 15.6. The molecule has 0 spiro atoms. The number of carbonyl (C=O) groups is 2. The van der Waals surface area contributed by atoms with Crippen LogP contribution in [0.25, 0.3) is 0 Å². The number of alkyl halides is 3. The first-order valence-electron chi connectivity index (χ1n) is 14.2. The van der Waals surface area contributed by atoms with Gasteiger partial charge in [0.1, 0.15) is 18.3 Å². The first-order chi connectivity index (χ1) is 20.7. The zero-order chi connectivity index (χ0) is 32.7. The normalized spacial score (nSPS) is 13.1. The van der Waals surface area contributed by atoms with E-state index >= 15 is 0 Å². The molecule has 0 aromatic heterocycles. The monoisotopic (exact) mass is 633 g/mol. The fourth-order valence-electron chi connectivity index (χ4n) is 4.53. The largest absolute Gasteiger partial charge is 0.497 e. The Labute approximate surface area is 256 Å². The van der Waals surface area contributed by atoms with Crippen LogP contribution in [0.4, 0.5) is 18.9 Å². The van der Waals surface area contributed by atoms with Crippen molar-refractivity contribution in [2.75, 3.05) is 18.0 Å². The zero-order valence-electron chi connectivity index (χ0n) is 25.4. The molecule has 2 unspecified atom stereocenters. The number of nitrogens with one attached hydrogen (secondary N) is 1. The van der Waals surface area contributed by atoms with Gasteiger partial charge in [0, 0.05) is 12.6 Å². The number of hydrogen-bond donors (Lipinski definition) is 1. The van der Waals surface area contributed by atoms with E-state index in [1.807, 2.05) is 13.8 Å². The van der Waals surface area contributed by atoms with Crippen LogP contribution >= 0.6 is 0 Å². The van der Waals surface area contributed by atoms with Crippen molar-refractivity contribution >= 4 is 27.5 Å². The van der Waals surface area contributed by atoms with Crippen molar-refractivity contribution in [3.05, 3.63) is 89.5 Å². The van der Waals surface area contributed by atoms with Crippen LogP contribution in [-0.2, 0) is 32.3 Å². The SMILES string of the molecule is CCC(C)NC(=O)C(CC)N(Cc1cccc(OC)c1)C(=O)CN(c1cccc(C(F)(F)F)c1)S(=O)(=O)c1ccc(C)cc1. The van der Waals surface area contributed by atoms with Crippen LogP contribution in [0.15, 0.2) is 77.7 Å². The number of hydrogen-bond acceptors (Lipinski definition) is 5. The molecule has 0 saturated carbocycles. The van der Waals surface area contributed by atoms with E-state index in [1.165, 1.54) is 30.2 Å². The molecule has 8 nitrogen and oxygen atoms in total. The quantitative estimate of drug-likeness (QED) is 0.252. The number of sulfonamides is 1. The average Bonchev–Trinajstić information content (AvgIpc) is 2.99. The van der Waals surface area contributed by atoms with Crippen LogP contribution < -0.4 is 14.4 Å². The molecule has 0 aliphatic heterocycles. The highest BCUT2D eigenvalue weighted by Crippen LogP contribution is 2.33. The van der Waals surface area contributed by atoms with Gasteiger partial charge in [0.05, 0.1) is 23.3 Å². The summed E-state index contributed by atoms with van der Waals surface area (Å²) in [6.45, 7) is 6.27. The molecule has 2 atom stereocenters. The van der Waals surface area contributed by atoms with Gasteiger partial charge in [-0.25, -0.2) is 8.42 Å². The standard InChI is InChI=1S/C32H38F3N3O5S/c1-6-23(4)36-31(40)29(7-2)37(20-24-10-8-13-27(18-24)43-5)30(39)21-38(26-12-9-11-25(19-26)32(33,34)35)44(41,42)28-16-14-22(3)15-17-28/h8-19,23,29H,6-7,20-21H2,1-5H3,(H,36,40). The van der Waals surface area contributed by atoms with Crippen LogP contribution in [0.1, 0.15) is 50.3 Å². The molecule has 44 heavy (non-hydrogen) atoms. The Morgan fingerprint density at radius 2 is 1.61 bits per heavy atom. The Balaban J connectivity index is 2.13. The van der Waals surface area contributed by atoms with Crippen LogP contribution in [-0.4, -0.2) is 50.9 Å². The second kappa shape index (κ2) is 14.6. The van der Waals surface area contributed by atoms with Gasteiger partial charge in [-0.2, -0.15) is 13.2 Å². The average molecular weight is 634 g/mol. The van der Waals surface area contributed by atoms with Crippen molar-refractivity contribution in [2.45, 2.75) is 70.2 Å². The highest BCUT2D eigenvalue weighted by molar-refractivity contribution is 7.92. The molecular weight excluding hydrogens is 595 g/mol. The Morgan fingerprint density at radius 3 is 2.20 bits per heavy atom. The number of ether oxygens (including phenoxy) is 1. The van der Waals surface area contributed by atoms with Crippen LogP contribution in [0.5, 0.6) is 5.75 Å². The van der Waals surface area contributed by atoms with Crippen LogP contribution in [0.2, 0.25) is 0 Å². The second-order valence-electron chi connectivity index (χ2n) is 10.5. The summed E-state index contributed by atoms with van der Waals surface area (Å²) in [5.74, 6) is -0.684. The number of benzene rings is 3. The van der Waals surface area contributed by atoms with Crippen LogP contribution in [0, 0.1) is 6.92 Å². The third-order valence-corrected chi connectivity index (χ3v) is 9.01. The summed E-state index contributed by atoms with van der Waals surface area (Å²) < 4.78 is 74.8. The molecule has 0 aliphatic carbocycles. The summed E-state index contributed by atoms with van der Waals surface area (Å²) in [7, 11) is -3.04. The fourth-order valence-corrected chi connectivity index (χ4v) is 5.94. The third kappa shape index (κ3) is 8.52. The number of anilines is 1. The smallest absolute Gasteiger partial charge is 0.416 e. The fraction of sp³-hybridized carbons (Fsp3) is 0.375. The molecule has 238 valence electrons. The van der Waals surface area contributed by atoms with Crippen molar-refractivity contribution in [1.29, 1.82) is 0 Å². The van der Waals surface area contributed by atoms with Gasteiger partial charge >= 0.3 is 6.18 Å². The van der Waals surface area contributed by atoms with Gasteiger partial charge in [0.2, 0.25) is 11.8 Å². The Morgan fingerprint density at radius 1 is 0.955 bits per heavy atom. The maximum atomic E-state index is 14.1. The van der Waals surface area contributed by atoms with E-state index in [0.717, 1.165) is 17.7 Å². The Hall–Kier alpha value is -4.06. The minimum atomic E-state index is -4.75. The number of amides is 2. The van der Waals surface area contributed by atoms with Crippen molar-refractivity contribution in [1.82, 2.24) is 10.2 Å². The highest BCUT2D eigenvalue weighted by atomic mass is 32.2. The van der Waals surface area contributed by atoms with E-state index < -0.39 is 46.2 Å². The molecule has 0 fully saturated rings. The molecule has 12 heteroatoms. The topological polar surface area (TPSA) is 96.0 Å². The molecule has 0 radical (unpaired) electrons. The predicted octanol–water partition coefficient (Wildman–Crippen LogP) is 5.94.